The van der Waals surface area contributed by atoms with Crippen molar-refractivity contribution in [1.29, 1.82) is 0 Å². The molecule has 2 aromatic carbocycles. The summed E-state index contributed by atoms with van der Waals surface area (Å²) in [5, 5.41) is 18.6. The first kappa shape index (κ1) is 43.4. The van der Waals surface area contributed by atoms with E-state index in [4.69, 9.17) is 26.8 Å². The number of hydrogen-bond acceptors (Lipinski definition) is 14. The zero-order chi connectivity index (χ0) is 42.5. The Morgan fingerprint density at radius 3 is 1.68 bits per heavy atom. The number of hydrogen-bond donors (Lipinski definition) is 4. The van der Waals surface area contributed by atoms with Crippen LogP contribution in [0.15, 0.2) is 48.8 Å². The Kier molecular flexibility index (Phi) is 13.6. The molecular formula is C36H43ClF2N12O6S2. The number of aromatic nitrogens is 8. The largest absolute Gasteiger partial charge is 0.496 e. The molecule has 0 amide bonds. The summed E-state index contributed by atoms with van der Waals surface area (Å²) in [5.74, 6) is 0.704. The standard InChI is InChI=1S/C18H21FN6O3S.C12H8ClFN4O.C6H14N2O2S/c1-28-15-4-3-11(19)9-13(15)16-14-10-20-18(22-17(14)24-23-16)21-12-5-7-25(8-6-12)29(2,26)27;1-19-9-3-2-6(14)4-7(9)10-8-5-15-12(13)16-11(8)18-17-10;1-11(9,10)8-4-2-6(7)3-5-8/h3-4,9-10,12H,5-8H2,1-2H3,(H2,20,21,22,23,24);2-5H,1H3,(H,15,16,17,18);6H,2-5,7H2,1H3. The normalized spacial score (nSPS) is 15.9. The fourth-order valence-electron chi connectivity index (χ4n) is 6.54. The average Bonchev–Trinajstić information content (AvgIpc) is 3.82. The molecule has 0 bridgehead atoms. The molecule has 8 rings (SSSR count). The molecule has 23 heteroatoms. The van der Waals surface area contributed by atoms with Crippen LogP contribution in [-0.4, -0.2) is 131 Å². The highest BCUT2D eigenvalue weighted by atomic mass is 35.5. The van der Waals surface area contributed by atoms with Gasteiger partial charge in [-0.25, -0.2) is 44.2 Å². The van der Waals surface area contributed by atoms with Crippen molar-refractivity contribution in [3.63, 3.8) is 0 Å². The minimum Gasteiger partial charge on any atom is -0.496 e. The van der Waals surface area contributed by atoms with E-state index in [0.717, 1.165) is 12.8 Å². The van der Waals surface area contributed by atoms with Crippen molar-refractivity contribution >= 4 is 59.7 Å². The predicted molar refractivity (Wildman–Crippen MR) is 219 cm³/mol. The minimum absolute atomic E-state index is 0.0761. The van der Waals surface area contributed by atoms with E-state index in [1.165, 1.54) is 65.8 Å². The average molecular weight is 877 g/mol. The van der Waals surface area contributed by atoms with Crippen LogP contribution in [0.2, 0.25) is 5.28 Å². The molecule has 4 aromatic heterocycles. The molecular weight excluding hydrogens is 834 g/mol. The van der Waals surface area contributed by atoms with Crippen LogP contribution in [-0.2, 0) is 20.0 Å². The van der Waals surface area contributed by atoms with Crippen molar-refractivity contribution in [1.82, 2.24) is 48.9 Å². The number of anilines is 1. The second kappa shape index (κ2) is 18.4. The van der Waals surface area contributed by atoms with E-state index < -0.39 is 20.0 Å². The van der Waals surface area contributed by atoms with Crippen molar-refractivity contribution in [2.45, 2.75) is 37.8 Å². The van der Waals surface area contributed by atoms with Gasteiger partial charge in [-0.15, -0.1) is 0 Å². The Labute approximate surface area is 344 Å². The fraction of sp³-hybridized carbons (Fsp3) is 0.389. The Hall–Kier alpha value is -5.13. The lowest BCUT2D eigenvalue weighted by Gasteiger charge is -2.30. The van der Waals surface area contributed by atoms with E-state index in [1.54, 1.807) is 18.3 Å². The second-order valence-corrected chi connectivity index (χ2v) is 18.1. The number of piperidine rings is 2. The molecule has 0 saturated carbocycles. The maximum Gasteiger partial charge on any atom is 0.224 e. The maximum absolute atomic E-state index is 13.7. The first-order chi connectivity index (χ1) is 28.0. The molecule has 2 aliphatic rings. The number of rotatable bonds is 8. The van der Waals surface area contributed by atoms with Gasteiger partial charge in [-0.1, -0.05) is 0 Å². The van der Waals surface area contributed by atoms with Crippen molar-refractivity contribution < 1.29 is 35.1 Å². The van der Waals surface area contributed by atoms with Gasteiger partial charge in [-0.3, -0.25) is 10.2 Å². The highest BCUT2D eigenvalue weighted by molar-refractivity contribution is 7.88. The van der Waals surface area contributed by atoms with Crippen LogP contribution in [0.25, 0.3) is 44.6 Å². The smallest absolute Gasteiger partial charge is 0.224 e. The number of nitrogens with zero attached hydrogens (tertiary/aromatic N) is 8. The maximum atomic E-state index is 13.7. The molecule has 59 heavy (non-hydrogen) atoms. The predicted octanol–water partition coefficient (Wildman–Crippen LogP) is 4.19. The number of methoxy groups -OCH3 is 2. The zero-order valence-corrected chi connectivity index (χ0v) is 34.9. The molecule has 6 aromatic rings. The van der Waals surface area contributed by atoms with Gasteiger partial charge >= 0.3 is 0 Å². The van der Waals surface area contributed by atoms with Crippen molar-refractivity contribution in [3.05, 3.63) is 65.7 Å². The number of aromatic amines is 2. The van der Waals surface area contributed by atoms with Gasteiger partial charge in [0.05, 0.1) is 48.9 Å². The molecule has 0 atom stereocenters. The Morgan fingerprint density at radius 1 is 0.746 bits per heavy atom. The number of ether oxygens (including phenoxy) is 2. The molecule has 6 heterocycles. The van der Waals surface area contributed by atoms with E-state index >= 15 is 0 Å². The van der Waals surface area contributed by atoms with E-state index in [-0.39, 0.29) is 29.0 Å². The number of halogens is 3. The molecule has 0 radical (unpaired) electrons. The SMILES string of the molecule is COc1ccc(F)cc1-c1[nH]nc2nc(Cl)ncc12.COc1ccc(F)cc1-c1[nH]nc2nc(NC3CCN(S(C)(=O)=O)CC3)ncc12.CS(=O)(=O)N1CCC(N)CC1. The quantitative estimate of drug-likeness (QED) is 0.157. The highest BCUT2D eigenvalue weighted by Crippen LogP contribution is 2.35. The fourth-order valence-corrected chi connectivity index (χ4v) is 8.42. The number of fused-ring (bicyclic) bond motifs is 2. The molecule has 0 spiro atoms. The number of benzene rings is 2. The van der Waals surface area contributed by atoms with Gasteiger partial charge in [0.25, 0.3) is 0 Å². The lowest BCUT2D eigenvalue weighted by Crippen LogP contribution is -2.42. The number of nitrogens with two attached hydrogens (primary N) is 1. The van der Waals surface area contributed by atoms with E-state index in [2.05, 4.69) is 45.6 Å². The minimum atomic E-state index is -3.16. The van der Waals surface area contributed by atoms with Crippen molar-refractivity contribution in [2.75, 3.05) is 58.2 Å². The summed E-state index contributed by atoms with van der Waals surface area (Å²) in [6.07, 6.45) is 8.53. The van der Waals surface area contributed by atoms with Crippen LogP contribution < -0.4 is 20.5 Å². The van der Waals surface area contributed by atoms with Crippen molar-refractivity contribution in [3.8, 4) is 34.0 Å². The third kappa shape index (κ3) is 10.7. The van der Waals surface area contributed by atoms with Gasteiger partial charge < -0.3 is 20.5 Å². The molecule has 2 saturated heterocycles. The number of H-pyrrole nitrogens is 2. The highest BCUT2D eigenvalue weighted by Gasteiger charge is 2.26. The number of sulfonamides is 2. The third-order valence-corrected chi connectivity index (χ3v) is 12.5. The molecule has 316 valence electrons. The van der Waals surface area contributed by atoms with Gasteiger partial charge in [-0.2, -0.15) is 20.2 Å². The van der Waals surface area contributed by atoms with Crippen LogP contribution in [0.3, 0.4) is 0 Å². The Morgan fingerprint density at radius 2 is 1.20 bits per heavy atom. The summed E-state index contributed by atoms with van der Waals surface area (Å²) in [7, 11) is -3.10. The van der Waals surface area contributed by atoms with Crippen LogP contribution in [0.1, 0.15) is 25.7 Å². The van der Waals surface area contributed by atoms with Crippen LogP contribution >= 0.6 is 11.6 Å². The molecule has 18 nitrogen and oxygen atoms in total. The van der Waals surface area contributed by atoms with Crippen molar-refractivity contribution in [2.24, 2.45) is 5.73 Å². The summed E-state index contributed by atoms with van der Waals surface area (Å²) in [4.78, 5) is 16.7. The zero-order valence-electron chi connectivity index (χ0n) is 32.5. The van der Waals surface area contributed by atoms with Gasteiger partial charge in [0, 0.05) is 61.8 Å². The Balaban J connectivity index is 0.000000166. The first-order valence-electron chi connectivity index (χ1n) is 18.2. The van der Waals surface area contributed by atoms with Crippen LogP contribution in [0.5, 0.6) is 11.5 Å². The molecule has 0 unspecified atom stereocenters. The first-order valence-corrected chi connectivity index (χ1v) is 22.3. The lowest BCUT2D eigenvalue weighted by atomic mass is 10.1. The summed E-state index contributed by atoms with van der Waals surface area (Å²) in [6, 6.07) is 8.75. The van der Waals surface area contributed by atoms with Crippen LogP contribution in [0, 0.1) is 11.6 Å². The third-order valence-electron chi connectivity index (χ3n) is 9.68. The second-order valence-electron chi connectivity index (χ2n) is 13.8. The topological polar surface area (TPSA) is 240 Å². The molecule has 2 fully saturated rings. The van der Waals surface area contributed by atoms with E-state index in [9.17, 15) is 25.6 Å². The van der Waals surface area contributed by atoms with Gasteiger partial charge in [-0.05, 0) is 73.7 Å². The molecule has 0 aliphatic carbocycles. The van der Waals surface area contributed by atoms with Gasteiger partial charge in [0.1, 0.15) is 23.1 Å². The summed E-state index contributed by atoms with van der Waals surface area (Å²) < 4.78 is 85.8. The van der Waals surface area contributed by atoms with Crippen LogP contribution in [0.4, 0.5) is 14.7 Å². The van der Waals surface area contributed by atoms with E-state index in [0.29, 0.717) is 101 Å². The lowest BCUT2D eigenvalue weighted by molar-refractivity contribution is 0.322. The summed E-state index contributed by atoms with van der Waals surface area (Å²) in [6.45, 7) is 2.09. The molecule has 5 N–H and O–H groups in total. The summed E-state index contributed by atoms with van der Waals surface area (Å²) in [5.41, 5.74) is 8.72. The number of nitrogens with one attached hydrogen (secondary N) is 3. The van der Waals surface area contributed by atoms with E-state index in [1.807, 2.05) is 0 Å². The van der Waals surface area contributed by atoms with Gasteiger partial charge in [0.2, 0.25) is 31.3 Å². The molecule has 2 aliphatic heterocycles. The summed E-state index contributed by atoms with van der Waals surface area (Å²) >= 11 is 5.70. The monoisotopic (exact) mass is 876 g/mol. The van der Waals surface area contributed by atoms with Gasteiger partial charge in [0.15, 0.2) is 11.3 Å². The Bertz CT molecular complexity index is 2640.